The molecule has 0 aliphatic heterocycles. The molecule has 0 heterocycles. The van der Waals surface area contributed by atoms with Gasteiger partial charge in [0.1, 0.15) is 6.10 Å². The summed E-state index contributed by atoms with van der Waals surface area (Å²) in [6.07, 6.45) is 14.4. The van der Waals surface area contributed by atoms with E-state index in [0.717, 1.165) is 25.7 Å². The number of carbonyl (C=O) groups excluding carboxylic acids is 1. The van der Waals surface area contributed by atoms with Gasteiger partial charge in [0.15, 0.2) is 5.79 Å². The minimum atomic E-state index is -0.991. The average Bonchev–Trinajstić information content (AvgIpc) is 2.86. The molecule has 136 valence electrons. The lowest BCUT2D eigenvalue weighted by Crippen LogP contribution is -2.52. The van der Waals surface area contributed by atoms with E-state index < -0.39 is 5.79 Å². The highest BCUT2D eigenvalue weighted by Crippen LogP contribution is 2.63. The van der Waals surface area contributed by atoms with E-state index in [0.29, 0.717) is 23.7 Å². The summed E-state index contributed by atoms with van der Waals surface area (Å²) in [5, 5.41) is 11.0. The van der Waals surface area contributed by atoms with Gasteiger partial charge in [0.2, 0.25) is 0 Å². The number of fused-ring (bicyclic) bond motifs is 5. The van der Waals surface area contributed by atoms with Gasteiger partial charge in [0.05, 0.1) is 0 Å². The molecule has 0 amide bonds. The number of carbonyl (C=O) groups is 1. The van der Waals surface area contributed by atoms with Crippen molar-refractivity contribution in [2.45, 2.75) is 51.4 Å². The Morgan fingerprint density at radius 2 is 2.04 bits per heavy atom. The molecule has 4 nitrogen and oxygen atoms in total. The van der Waals surface area contributed by atoms with Gasteiger partial charge in [-0.1, -0.05) is 25.2 Å². The smallest absolute Gasteiger partial charge is 0.303 e. The van der Waals surface area contributed by atoms with Gasteiger partial charge in [-0.15, -0.1) is 0 Å². The Kier molecular flexibility index (Phi) is 3.97. The van der Waals surface area contributed by atoms with Crippen LogP contribution >= 0.6 is 0 Å². The molecular weight excluding hydrogens is 316 g/mol. The monoisotopic (exact) mass is 344 g/mol. The molecule has 2 fully saturated rings. The van der Waals surface area contributed by atoms with Crippen LogP contribution in [0.4, 0.5) is 0 Å². The van der Waals surface area contributed by atoms with E-state index in [2.05, 4.69) is 31.2 Å². The van der Waals surface area contributed by atoms with Crippen molar-refractivity contribution >= 4 is 5.97 Å². The van der Waals surface area contributed by atoms with Crippen molar-refractivity contribution in [1.29, 1.82) is 0 Å². The highest BCUT2D eigenvalue weighted by atomic mass is 16.6. The maximum Gasteiger partial charge on any atom is 0.303 e. The molecule has 0 radical (unpaired) electrons. The van der Waals surface area contributed by atoms with Gasteiger partial charge in [-0.25, -0.2) is 0 Å². The van der Waals surface area contributed by atoms with E-state index in [1.54, 1.807) is 7.11 Å². The summed E-state index contributed by atoms with van der Waals surface area (Å²) in [7, 11) is 1.64. The summed E-state index contributed by atoms with van der Waals surface area (Å²) in [4.78, 5) is 11.2. The second kappa shape index (κ2) is 5.82. The van der Waals surface area contributed by atoms with Crippen molar-refractivity contribution in [1.82, 2.24) is 0 Å². The fraction of sp³-hybridized carbons (Fsp3) is 0.667. The quantitative estimate of drug-likeness (QED) is 0.474. The number of ether oxygens (including phenoxy) is 2. The Hall–Kier alpha value is -1.39. The zero-order valence-corrected chi connectivity index (χ0v) is 15.3. The van der Waals surface area contributed by atoms with Crippen LogP contribution in [0, 0.1) is 29.1 Å². The summed E-state index contributed by atoms with van der Waals surface area (Å²) >= 11 is 0. The fourth-order valence-electron chi connectivity index (χ4n) is 5.97. The number of hydrogen-bond acceptors (Lipinski definition) is 4. The van der Waals surface area contributed by atoms with Crippen LogP contribution in [0.2, 0.25) is 0 Å². The van der Waals surface area contributed by atoms with Crippen LogP contribution in [0.1, 0.15) is 39.5 Å². The van der Waals surface area contributed by atoms with Gasteiger partial charge in [0, 0.05) is 31.8 Å². The average molecular weight is 344 g/mol. The molecule has 25 heavy (non-hydrogen) atoms. The number of rotatable bonds is 2. The molecule has 1 N–H and O–H groups in total. The Morgan fingerprint density at radius 3 is 2.76 bits per heavy atom. The zero-order valence-electron chi connectivity index (χ0n) is 15.3. The zero-order chi connectivity index (χ0) is 17.8. The summed E-state index contributed by atoms with van der Waals surface area (Å²) in [6.45, 7) is 3.65. The molecule has 4 aliphatic carbocycles. The van der Waals surface area contributed by atoms with E-state index in [4.69, 9.17) is 9.47 Å². The molecule has 0 aromatic carbocycles. The standard InChI is InChI=1S/C21H28O4/c1-13(22)25-15-5-7-16-14(12-15)4-6-18-17(16)8-10-20(2)19(18)9-11-21(20,23)24-3/h4-7,12,15-19,23H,8-11H2,1-3H3/t15?,16-,17+,18+,19-,20-,21+/m0/s1. The summed E-state index contributed by atoms with van der Waals surface area (Å²) in [6, 6.07) is 0. The number of hydrogen-bond donors (Lipinski definition) is 1. The minimum absolute atomic E-state index is 0.173. The van der Waals surface area contributed by atoms with Crippen molar-refractivity contribution in [2.24, 2.45) is 29.1 Å². The van der Waals surface area contributed by atoms with E-state index in [1.165, 1.54) is 12.5 Å². The first-order valence-corrected chi connectivity index (χ1v) is 9.41. The number of aliphatic hydroxyl groups is 1. The summed E-state index contributed by atoms with van der Waals surface area (Å²) in [5.74, 6) is 0.634. The van der Waals surface area contributed by atoms with Gasteiger partial charge in [0.25, 0.3) is 0 Å². The summed E-state index contributed by atoms with van der Waals surface area (Å²) < 4.78 is 10.9. The van der Waals surface area contributed by atoms with Crippen LogP contribution in [0.5, 0.6) is 0 Å². The van der Waals surface area contributed by atoms with E-state index in [-0.39, 0.29) is 17.5 Å². The largest absolute Gasteiger partial charge is 0.454 e. The van der Waals surface area contributed by atoms with Crippen LogP contribution < -0.4 is 0 Å². The lowest BCUT2D eigenvalue weighted by atomic mass is 9.54. The lowest BCUT2D eigenvalue weighted by Gasteiger charge is -2.53. The van der Waals surface area contributed by atoms with E-state index >= 15 is 0 Å². The van der Waals surface area contributed by atoms with Crippen LogP contribution in [0.25, 0.3) is 0 Å². The predicted molar refractivity (Wildman–Crippen MR) is 94.4 cm³/mol. The first-order chi connectivity index (χ1) is 11.9. The van der Waals surface area contributed by atoms with Crippen molar-refractivity contribution in [3.8, 4) is 0 Å². The molecule has 4 rings (SSSR count). The first-order valence-electron chi connectivity index (χ1n) is 9.41. The summed E-state index contributed by atoms with van der Waals surface area (Å²) in [5.41, 5.74) is 1.09. The molecule has 1 unspecified atom stereocenters. The molecule has 0 spiro atoms. The Balaban J connectivity index is 1.61. The van der Waals surface area contributed by atoms with Crippen molar-refractivity contribution in [3.05, 3.63) is 36.0 Å². The Labute approximate surface area is 149 Å². The highest BCUT2D eigenvalue weighted by Gasteiger charge is 2.62. The van der Waals surface area contributed by atoms with Crippen molar-refractivity contribution in [2.75, 3.05) is 7.11 Å². The molecule has 4 heteroatoms. The normalized spacial score (nSPS) is 47.5. The Morgan fingerprint density at radius 1 is 1.24 bits per heavy atom. The van der Waals surface area contributed by atoms with Gasteiger partial charge in [-0.05, 0) is 54.7 Å². The first kappa shape index (κ1) is 17.0. The van der Waals surface area contributed by atoms with Crippen molar-refractivity contribution < 1.29 is 19.4 Å². The second-order valence-electron chi connectivity index (χ2n) is 8.34. The topological polar surface area (TPSA) is 55.8 Å². The number of esters is 1. The van der Waals surface area contributed by atoms with Gasteiger partial charge < -0.3 is 14.6 Å². The predicted octanol–water partition coefficient (Wildman–Crippen LogP) is 3.38. The number of methoxy groups -OCH3 is 1. The molecule has 4 aliphatic rings. The van der Waals surface area contributed by atoms with Gasteiger partial charge in [-0.3, -0.25) is 4.79 Å². The maximum absolute atomic E-state index is 11.2. The molecule has 0 bridgehead atoms. The second-order valence-corrected chi connectivity index (χ2v) is 8.34. The SMILES string of the molecule is CO[C@]1(O)CC[C@H]2[C@@H]3C=CC4=CC(OC(C)=O)C=C[C@@H]4[C@H]3CC[C@@]21C. The molecule has 0 aromatic heterocycles. The molecule has 0 aromatic rings. The third-order valence-corrected chi connectivity index (χ3v) is 7.32. The van der Waals surface area contributed by atoms with Crippen LogP contribution in [0.15, 0.2) is 36.0 Å². The van der Waals surface area contributed by atoms with E-state index in [1.807, 2.05) is 6.08 Å². The van der Waals surface area contributed by atoms with Gasteiger partial charge >= 0.3 is 5.97 Å². The van der Waals surface area contributed by atoms with E-state index in [9.17, 15) is 9.90 Å². The van der Waals surface area contributed by atoms with Crippen molar-refractivity contribution in [3.63, 3.8) is 0 Å². The Bertz CT molecular complexity index is 663. The molecular formula is C21H28O4. The minimum Gasteiger partial charge on any atom is -0.454 e. The maximum atomic E-state index is 11.2. The molecule has 0 saturated heterocycles. The van der Waals surface area contributed by atoms with Crippen LogP contribution in [-0.4, -0.2) is 30.1 Å². The molecule has 2 saturated carbocycles. The highest BCUT2D eigenvalue weighted by molar-refractivity contribution is 5.66. The third kappa shape index (κ3) is 2.45. The molecule has 7 atom stereocenters. The van der Waals surface area contributed by atoms with Crippen LogP contribution in [0.3, 0.4) is 0 Å². The van der Waals surface area contributed by atoms with Gasteiger partial charge in [-0.2, -0.15) is 0 Å². The fourth-order valence-corrected chi connectivity index (χ4v) is 5.97. The lowest BCUT2D eigenvalue weighted by molar-refractivity contribution is -0.259. The third-order valence-electron chi connectivity index (χ3n) is 7.32. The number of allylic oxidation sites excluding steroid dienone is 4. The van der Waals surface area contributed by atoms with Crippen LogP contribution in [-0.2, 0) is 14.3 Å².